The average molecular weight is 539 g/mol. The second-order valence-corrected chi connectivity index (χ2v) is 9.65. The first-order chi connectivity index (χ1) is 17.2. The minimum atomic E-state index is -0.284. The van der Waals surface area contributed by atoms with E-state index >= 15 is 0 Å². The van der Waals surface area contributed by atoms with Crippen molar-refractivity contribution in [3.63, 3.8) is 0 Å². The summed E-state index contributed by atoms with van der Waals surface area (Å²) in [4.78, 5) is 14.1. The number of aromatic nitrogens is 2. The molecule has 0 aliphatic carbocycles. The number of hydrogen-bond donors (Lipinski definition) is 1. The molecule has 1 aromatic heterocycles. The van der Waals surface area contributed by atoms with Crippen molar-refractivity contribution in [2.24, 2.45) is 5.10 Å². The normalized spacial score (nSPS) is 15.8. The molecular formula is C26H28BrFN6O. The second kappa shape index (κ2) is 11.0. The molecule has 0 saturated carbocycles. The summed E-state index contributed by atoms with van der Waals surface area (Å²) >= 11 is 3.51. The van der Waals surface area contributed by atoms with Crippen LogP contribution in [0.1, 0.15) is 36.8 Å². The lowest BCUT2D eigenvalue weighted by molar-refractivity contribution is 0.299. The van der Waals surface area contributed by atoms with E-state index in [1.165, 1.54) is 18.9 Å². The number of benzene rings is 2. The number of nitrogens with one attached hydrogen (secondary N) is 1. The second-order valence-electron chi connectivity index (χ2n) is 8.73. The van der Waals surface area contributed by atoms with Gasteiger partial charge in [-0.05, 0) is 49.9 Å². The fourth-order valence-corrected chi connectivity index (χ4v) is 4.72. The Morgan fingerprint density at radius 2 is 1.71 bits per heavy atom. The smallest absolute Gasteiger partial charge is 0.229 e. The van der Waals surface area contributed by atoms with Gasteiger partial charge in [-0.2, -0.15) is 15.1 Å². The highest BCUT2D eigenvalue weighted by Gasteiger charge is 2.20. The lowest BCUT2D eigenvalue weighted by Crippen LogP contribution is -2.24. The first kappa shape index (κ1) is 23.5. The summed E-state index contributed by atoms with van der Waals surface area (Å²) in [5.41, 5.74) is 4.35. The topological polar surface area (TPSA) is 65.9 Å². The predicted molar refractivity (Wildman–Crippen MR) is 141 cm³/mol. The number of nitrogens with zero attached hydrogens (tertiary/aromatic N) is 5. The monoisotopic (exact) mass is 538 g/mol. The molecule has 2 saturated heterocycles. The summed E-state index contributed by atoms with van der Waals surface area (Å²) < 4.78 is 20.8. The van der Waals surface area contributed by atoms with E-state index < -0.39 is 0 Å². The summed E-state index contributed by atoms with van der Waals surface area (Å²) in [7, 11) is 0. The maximum Gasteiger partial charge on any atom is 0.229 e. The summed E-state index contributed by atoms with van der Waals surface area (Å²) in [6.07, 6.45) is 6.38. The molecule has 9 heteroatoms. The Morgan fingerprint density at radius 3 is 2.49 bits per heavy atom. The van der Waals surface area contributed by atoms with Gasteiger partial charge in [-0.25, -0.2) is 4.39 Å². The van der Waals surface area contributed by atoms with E-state index in [1.54, 1.807) is 24.4 Å². The van der Waals surface area contributed by atoms with E-state index in [-0.39, 0.29) is 12.4 Å². The Labute approximate surface area is 213 Å². The molecule has 0 spiro atoms. The molecule has 0 atom stereocenters. The summed E-state index contributed by atoms with van der Waals surface area (Å²) in [6.45, 7) is 4.12. The van der Waals surface area contributed by atoms with Crippen molar-refractivity contribution in [1.82, 2.24) is 9.97 Å². The Kier molecular flexibility index (Phi) is 7.42. The van der Waals surface area contributed by atoms with Crippen molar-refractivity contribution < 1.29 is 9.13 Å². The third kappa shape index (κ3) is 5.90. The highest BCUT2D eigenvalue weighted by Crippen LogP contribution is 2.26. The number of hydrazone groups is 1. The molecule has 3 heterocycles. The van der Waals surface area contributed by atoms with E-state index in [1.807, 2.05) is 24.3 Å². The van der Waals surface area contributed by atoms with E-state index in [0.29, 0.717) is 17.1 Å². The zero-order chi connectivity index (χ0) is 24.0. The molecule has 0 bridgehead atoms. The summed E-state index contributed by atoms with van der Waals surface area (Å²) in [5, 5.41) is 4.44. The van der Waals surface area contributed by atoms with Crippen molar-refractivity contribution in [3.8, 4) is 5.75 Å². The van der Waals surface area contributed by atoms with Crippen LogP contribution in [0.4, 0.5) is 22.0 Å². The molecule has 7 nitrogen and oxygen atoms in total. The van der Waals surface area contributed by atoms with Crippen molar-refractivity contribution in [2.45, 2.75) is 32.3 Å². The van der Waals surface area contributed by atoms with Gasteiger partial charge in [0, 0.05) is 47.8 Å². The van der Waals surface area contributed by atoms with Crippen LogP contribution in [0, 0.1) is 5.82 Å². The van der Waals surface area contributed by atoms with Gasteiger partial charge in [0.05, 0.1) is 6.21 Å². The zero-order valence-electron chi connectivity index (χ0n) is 19.5. The van der Waals surface area contributed by atoms with E-state index in [9.17, 15) is 4.39 Å². The average Bonchev–Trinajstić information content (AvgIpc) is 3.59. The van der Waals surface area contributed by atoms with Crippen LogP contribution in [-0.4, -0.2) is 42.4 Å². The maximum absolute atomic E-state index is 14.0. The van der Waals surface area contributed by atoms with Gasteiger partial charge in [0.25, 0.3) is 0 Å². The van der Waals surface area contributed by atoms with Crippen molar-refractivity contribution in [3.05, 3.63) is 69.9 Å². The third-order valence-electron chi connectivity index (χ3n) is 6.22. The zero-order valence-corrected chi connectivity index (χ0v) is 21.0. The van der Waals surface area contributed by atoms with Crippen LogP contribution in [0.2, 0.25) is 0 Å². The van der Waals surface area contributed by atoms with Crippen LogP contribution in [0.3, 0.4) is 0 Å². The Bertz CT molecular complexity index is 1160. The first-order valence-corrected chi connectivity index (χ1v) is 12.8. The van der Waals surface area contributed by atoms with Crippen LogP contribution in [-0.2, 0) is 6.61 Å². The Hall–Kier alpha value is -3.20. The number of ether oxygens (including phenoxy) is 1. The predicted octanol–water partition coefficient (Wildman–Crippen LogP) is 5.60. The minimum Gasteiger partial charge on any atom is -0.488 e. The molecule has 2 aromatic carbocycles. The molecule has 0 amide bonds. The van der Waals surface area contributed by atoms with Crippen molar-refractivity contribution in [1.29, 1.82) is 0 Å². The molecule has 1 N–H and O–H groups in total. The molecular weight excluding hydrogens is 511 g/mol. The lowest BCUT2D eigenvalue weighted by Gasteiger charge is -2.21. The van der Waals surface area contributed by atoms with Crippen LogP contribution in [0.5, 0.6) is 5.75 Å². The standard InChI is InChI=1S/C26H28BrFN6O/c27-21-9-10-23(35-18-19-7-1-2-8-22(19)28)20(15-21)17-29-32-24-16-25(33-11-3-4-12-33)31-26(30-24)34-13-5-6-14-34/h1-2,7-10,15-17H,3-6,11-14,18H2,(H,30,31,32)/b29-17-. The van der Waals surface area contributed by atoms with Crippen LogP contribution < -0.4 is 20.0 Å². The van der Waals surface area contributed by atoms with E-state index in [4.69, 9.17) is 14.7 Å². The molecule has 2 aliphatic heterocycles. The minimum absolute atomic E-state index is 0.132. The molecule has 2 aliphatic rings. The molecule has 3 aromatic rings. The molecule has 0 radical (unpaired) electrons. The molecule has 182 valence electrons. The van der Waals surface area contributed by atoms with Gasteiger partial charge in [-0.15, -0.1) is 0 Å². The van der Waals surface area contributed by atoms with E-state index in [0.717, 1.165) is 60.8 Å². The number of halogens is 2. The SMILES string of the molecule is Fc1ccccc1COc1ccc(Br)cc1/C=N\Nc1cc(N2CCCC2)nc(N2CCCC2)n1. The van der Waals surface area contributed by atoms with Crippen LogP contribution >= 0.6 is 15.9 Å². The van der Waals surface area contributed by atoms with Crippen LogP contribution in [0.15, 0.2) is 58.1 Å². The summed E-state index contributed by atoms with van der Waals surface area (Å²) in [6, 6.07) is 14.2. The Balaban J connectivity index is 1.33. The highest BCUT2D eigenvalue weighted by molar-refractivity contribution is 9.10. The van der Waals surface area contributed by atoms with Gasteiger partial charge in [-0.3, -0.25) is 5.43 Å². The van der Waals surface area contributed by atoms with Gasteiger partial charge >= 0.3 is 0 Å². The molecule has 35 heavy (non-hydrogen) atoms. The molecule has 2 fully saturated rings. The van der Waals surface area contributed by atoms with Crippen molar-refractivity contribution >= 4 is 39.7 Å². The number of rotatable bonds is 8. The van der Waals surface area contributed by atoms with Gasteiger partial charge in [0.15, 0.2) is 5.82 Å². The fourth-order valence-electron chi connectivity index (χ4n) is 4.34. The molecule has 0 unspecified atom stereocenters. The third-order valence-corrected chi connectivity index (χ3v) is 6.71. The van der Waals surface area contributed by atoms with Gasteiger partial charge in [0.2, 0.25) is 5.95 Å². The number of hydrogen-bond acceptors (Lipinski definition) is 7. The lowest BCUT2D eigenvalue weighted by atomic mass is 10.2. The maximum atomic E-state index is 14.0. The Morgan fingerprint density at radius 1 is 0.971 bits per heavy atom. The van der Waals surface area contributed by atoms with Crippen LogP contribution in [0.25, 0.3) is 0 Å². The molecule has 5 rings (SSSR count). The highest BCUT2D eigenvalue weighted by atomic mass is 79.9. The summed E-state index contributed by atoms with van der Waals surface area (Å²) in [5.74, 6) is 2.67. The fraction of sp³-hybridized carbons (Fsp3) is 0.346. The number of anilines is 3. The van der Waals surface area contributed by atoms with E-state index in [2.05, 4.69) is 36.3 Å². The van der Waals surface area contributed by atoms with Gasteiger partial charge in [-0.1, -0.05) is 34.1 Å². The van der Waals surface area contributed by atoms with Gasteiger partial charge in [0.1, 0.15) is 24.0 Å². The van der Waals surface area contributed by atoms with Crippen molar-refractivity contribution in [2.75, 3.05) is 41.4 Å². The van der Waals surface area contributed by atoms with Gasteiger partial charge < -0.3 is 14.5 Å². The quantitative estimate of drug-likeness (QED) is 0.297. The first-order valence-electron chi connectivity index (χ1n) is 12.0. The largest absolute Gasteiger partial charge is 0.488 e.